The molecule has 0 bridgehead atoms. The van der Waals surface area contributed by atoms with Crippen molar-refractivity contribution < 1.29 is 55.4 Å². The van der Waals surface area contributed by atoms with Crippen molar-refractivity contribution in [2.75, 3.05) is 27.3 Å². The van der Waals surface area contributed by atoms with E-state index in [1.165, 1.54) is 24.7 Å². The maximum absolute atomic E-state index is 13.9. The number of methoxy groups -OCH3 is 2. The molecule has 49 heavy (non-hydrogen) atoms. The van der Waals surface area contributed by atoms with E-state index < -0.39 is 77.2 Å². The van der Waals surface area contributed by atoms with Crippen molar-refractivity contribution in [3.05, 3.63) is 78.1 Å². The maximum atomic E-state index is 13.9. The molecule has 0 radical (unpaired) electrons. The van der Waals surface area contributed by atoms with Crippen LogP contribution in [0.2, 0.25) is 0 Å². The number of carbonyl (C=O) groups excluding carboxylic acids is 4. The van der Waals surface area contributed by atoms with Gasteiger partial charge in [-0.25, -0.2) is 18.0 Å². The number of hydrogen-bond acceptors (Lipinski definition) is 12. The van der Waals surface area contributed by atoms with Gasteiger partial charge in [-0.1, -0.05) is 23.6 Å². The highest BCUT2D eigenvalue weighted by Crippen LogP contribution is 2.41. The Balaban J connectivity index is 1.75. The third-order valence-electron chi connectivity index (χ3n) is 7.96. The summed E-state index contributed by atoms with van der Waals surface area (Å²) in [4.78, 5) is 52.8. The summed E-state index contributed by atoms with van der Waals surface area (Å²) in [7, 11) is -2.13. The fourth-order valence-corrected chi connectivity index (χ4v) is 7.00. The van der Waals surface area contributed by atoms with Crippen LogP contribution >= 0.6 is 0 Å². The molecule has 5 atom stereocenters. The molecule has 1 aliphatic carbocycles. The fourth-order valence-electron chi connectivity index (χ4n) is 5.61. The van der Waals surface area contributed by atoms with Gasteiger partial charge in [0.2, 0.25) is 10.0 Å². The smallest absolute Gasteiger partial charge is 0.407 e. The normalized spacial score (nSPS) is 20.4. The number of hydrogen-bond donors (Lipinski definition) is 2. The summed E-state index contributed by atoms with van der Waals surface area (Å²) in [5, 5.41) is 5.03. The van der Waals surface area contributed by atoms with Gasteiger partial charge in [-0.2, -0.15) is 4.31 Å². The lowest BCUT2D eigenvalue weighted by Gasteiger charge is -2.44. The molecule has 1 aliphatic rings. The molecule has 0 saturated heterocycles. The second-order valence-electron chi connectivity index (χ2n) is 11.1. The van der Waals surface area contributed by atoms with Crippen LogP contribution in [0.1, 0.15) is 23.5 Å². The average Bonchev–Trinajstić information content (AvgIpc) is 3.82. The Morgan fingerprint density at radius 2 is 1.47 bits per heavy atom. The van der Waals surface area contributed by atoms with Crippen LogP contribution in [0.3, 0.4) is 0 Å². The molecule has 2 heterocycles. The number of alkyl carbamates (subject to hydrolysis) is 2. The molecule has 15 nitrogen and oxygen atoms in total. The van der Waals surface area contributed by atoms with Crippen molar-refractivity contribution in [2.24, 2.45) is 17.8 Å². The zero-order valence-electron chi connectivity index (χ0n) is 27.0. The molecule has 0 aliphatic heterocycles. The minimum absolute atomic E-state index is 0.0624. The van der Waals surface area contributed by atoms with Crippen LogP contribution in [0, 0.1) is 37.0 Å². The summed E-state index contributed by atoms with van der Waals surface area (Å²) in [5.41, 5.74) is 0.806. The Bertz CT molecular complexity index is 1720. The summed E-state index contributed by atoms with van der Waals surface area (Å²) in [6.07, 6.45) is 3.19. The number of carbonyl (C=O) groups is 4. The van der Waals surface area contributed by atoms with Gasteiger partial charge in [-0.15, -0.1) is 6.42 Å². The van der Waals surface area contributed by atoms with Crippen molar-refractivity contribution >= 4 is 34.1 Å². The van der Waals surface area contributed by atoms with E-state index in [2.05, 4.69) is 16.6 Å². The molecule has 262 valence electrons. The number of esters is 2. The van der Waals surface area contributed by atoms with Crippen LogP contribution in [0.15, 0.2) is 74.8 Å². The van der Waals surface area contributed by atoms with E-state index in [4.69, 9.17) is 34.2 Å². The zero-order valence-corrected chi connectivity index (χ0v) is 27.8. The lowest BCUT2D eigenvalue weighted by molar-refractivity contribution is -0.174. The Morgan fingerprint density at radius 1 is 0.898 bits per heavy atom. The largest absolute Gasteiger partial charge is 0.469 e. The standard InChI is InChI=1S/C33H37N3O12S/c1-5-14-36(49(41,42)24-12-10-21(2)11-13-24)20-26-28(31(38)44-4)25(30(37)43-3)17-27(47-32(39)34-18-22-8-6-15-45-22)29(26)48-33(40)35-19-23-9-7-16-46-23/h1,6-13,15-16,25-29H,14,17-20H2,2-4H3,(H,34,39)(H,35,40)/t25-,26-,27-,28-,29+/m1/s1. The molecule has 0 unspecified atom stereocenters. The molecule has 4 rings (SSSR count). The highest BCUT2D eigenvalue weighted by molar-refractivity contribution is 7.89. The van der Waals surface area contributed by atoms with Gasteiger partial charge in [-0.05, 0) is 43.3 Å². The summed E-state index contributed by atoms with van der Waals surface area (Å²) >= 11 is 0. The van der Waals surface area contributed by atoms with E-state index in [1.54, 1.807) is 43.3 Å². The zero-order chi connectivity index (χ0) is 35.6. The summed E-state index contributed by atoms with van der Waals surface area (Å²) in [5.74, 6) is -2.76. The predicted molar refractivity (Wildman–Crippen MR) is 170 cm³/mol. The van der Waals surface area contributed by atoms with E-state index in [1.807, 2.05) is 0 Å². The predicted octanol–water partition coefficient (Wildman–Crippen LogP) is 2.99. The topological polar surface area (TPSA) is 193 Å². The quantitative estimate of drug-likeness (QED) is 0.151. The molecular weight excluding hydrogens is 662 g/mol. The summed E-state index contributed by atoms with van der Waals surface area (Å²) in [6, 6.07) is 12.5. The number of nitrogens with one attached hydrogen (secondary N) is 2. The summed E-state index contributed by atoms with van der Waals surface area (Å²) in [6.45, 7) is 0.616. The molecule has 3 aromatic rings. The first-order chi connectivity index (χ1) is 23.5. The van der Waals surface area contributed by atoms with Crippen molar-refractivity contribution in [1.29, 1.82) is 0 Å². The first-order valence-corrected chi connectivity index (χ1v) is 16.5. The van der Waals surface area contributed by atoms with Gasteiger partial charge in [0.15, 0.2) is 0 Å². The van der Waals surface area contributed by atoms with E-state index >= 15 is 0 Å². The fraction of sp³-hybridized carbons (Fsp3) is 0.394. The average molecular weight is 700 g/mol. The van der Waals surface area contributed by atoms with Crippen molar-refractivity contribution in [1.82, 2.24) is 14.9 Å². The van der Waals surface area contributed by atoms with Crippen molar-refractivity contribution in [3.63, 3.8) is 0 Å². The van der Waals surface area contributed by atoms with Crippen molar-refractivity contribution in [2.45, 2.75) is 43.5 Å². The lowest BCUT2D eigenvalue weighted by atomic mass is 9.68. The Hall–Kier alpha value is -5.27. The molecule has 1 saturated carbocycles. The highest BCUT2D eigenvalue weighted by atomic mass is 32.2. The number of rotatable bonds is 13. The van der Waals surface area contributed by atoms with Gasteiger partial charge in [0.1, 0.15) is 23.7 Å². The number of amides is 2. The Labute approximate surface area is 283 Å². The van der Waals surface area contributed by atoms with E-state index in [9.17, 15) is 27.6 Å². The summed E-state index contributed by atoms with van der Waals surface area (Å²) < 4.78 is 60.9. The molecule has 1 fully saturated rings. The molecule has 1 aromatic carbocycles. The SMILES string of the molecule is C#CCN(C[C@H]1[C@H](OC(=O)NCc2ccco2)[C@H](OC(=O)NCc2ccco2)C[C@@H](C(=O)OC)[C@H]1C(=O)OC)S(=O)(=O)c1ccc(C)cc1. The third-order valence-corrected chi connectivity index (χ3v) is 9.79. The number of aryl methyl sites for hydroxylation is 1. The van der Waals surface area contributed by atoms with Gasteiger partial charge in [0.25, 0.3) is 0 Å². The third kappa shape index (κ3) is 9.21. The number of furan rings is 2. The number of sulfonamides is 1. The number of nitrogens with zero attached hydrogens (tertiary/aromatic N) is 1. The molecule has 2 aromatic heterocycles. The minimum Gasteiger partial charge on any atom is -0.469 e. The van der Waals surface area contributed by atoms with Gasteiger partial charge >= 0.3 is 24.1 Å². The van der Waals surface area contributed by atoms with Gasteiger partial charge in [-0.3, -0.25) is 9.59 Å². The first-order valence-electron chi connectivity index (χ1n) is 15.1. The van der Waals surface area contributed by atoms with Gasteiger partial charge < -0.3 is 38.4 Å². The Morgan fingerprint density at radius 3 is 1.98 bits per heavy atom. The molecular formula is C33H37N3O12S. The molecule has 0 spiro atoms. The number of ether oxygens (including phenoxy) is 4. The monoisotopic (exact) mass is 699 g/mol. The van der Waals surface area contributed by atoms with Gasteiger partial charge in [0, 0.05) is 18.9 Å². The second-order valence-corrected chi connectivity index (χ2v) is 13.0. The second kappa shape index (κ2) is 16.7. The molecule has 2 amide bonds. The maximum Gasteiger partial charge on any atom is 0.407 e. The first kappa shape index (κ1) is 36.6. The highest BCUT2D eigenvalue weighted by Gasteiger charge is 2.55. The molecule has 16 heteroatoms. The van der Waals surface area contributed by atoms with Crippen molar-refractivity contribution in [3.8, 4) is 12.3 Å². The van der Waals surface area contributed by atoms with E-state index in [-0.39, 0.29) is 24.4 Å². The van der Waals surface area contributed by atoms with Crippen LogP contribution in [-0.4, -0.2) is 76.4 Å². The van der Waals surface area contributed by atoms with E-state index in [0.717, 1.165) is 24.1 Å². The van der Waals surface area contributed by atoms with Crippen LogP contribution in [0.5, 0.6) is 0 Å². The Kier molecular flexibility index (Phi) is 12.5. The minimum atomic E-state index is -4.32. The molecule has 2 N–H and O–H groups in total. The number of terminal acetylenes is 1. The number of benzene rings is 1. The van der Waals surface area contributed by atoms with E-state index in [0.29, 0.717) is 11.5 Å². The van der Waals surface area contributed by atoms with Crippen LogP contribution < -0.4 is 10.6 Å². The van der Waals surface area contributed by atoms with Crippen LogP contribution in [0.4, 0.5) is 9.59 Å². The van der Waals surface area contributed by atoms with Crippen LogP contribution in [0.25, 0.3) is 0 Å². The van der Waals surface area contributed by atoms with Gasteiger partial charge in [0.05, 0.1) is 63.1 Å². The van der Waals surface area contributed by atoms with Crippen LogP contribution in [-0.2, 0) is 51.6 Å². The lowest BCUT2D eigenvalue weighted by Crippen LogP contribution is -2.58.